The lowest BCUT2D eigenvalue weighted by Crippen LogP contribution is -2.44. The second kappa shape index (κ2) is 7.21. The molecule has 2 heterocycles. The molecule has 1 N–H and O–H groups in total. The SMILES string of the molecule is Cc1nc(C2CCN(C(=O)C(C)Oc3cccc(Cl)c3)CC2)n[nH]1. The van der Waals surface area contributed by atoms with Crippen molar-refractivity contribution in [1.29, 1.82) is 0 Å². The number of hydrogen-bond donors (Lipinski definition) is 1. The highest BCUT2D eigenvalue weighted by molar-refractivity contribution is 6.30. The molecule has 1 atom stereocenters. The Bertz CT molecular complexity index is 710. The Morgan fingerprint density at radius 1 is 1.42 bits per heavy atom. The van der Waals surface area contributed by atoms with Crippen LogP contribution in [0.2, 0.25) is 5.02 Å². The molecule has 0 aliphatic carbocycles. The number of ether oxygens (including phenoxy) is 1. The normalized spacial score (nSPS) is 16.9. The van der Waals surface area contributed by atoms with E-state index in [1.807, 2.05) is 11.8 Å². The Morgan fingerprint density at radius 3 is 2.79 bits per heavy atom. The molecule has 1 aromatic heterocycles. The summed E-state index contributed by atoms with van der Waals surface area (Å²) in [5.41, 5.74) is 0. The zero-order valence-corrected chi connectivity index (χ0v) is 14.6. The quantitative estimate of drug-likeness (QED) is 0.922. The highest BCUT2D eigenvalue weighted by atomic mass is 35.5. The molecule has 0 spiro atoms. The number of nitrogens with zero attached hydrogens (tertiary/aromatic N) is 3. The summed E-state index contributed by atoms with van der Waals surface area (Å²) in [6.45, 7) is 5.05. The van der Waals surface area contributed by atoms with Crippen LogP contribution in [0.15, 0.2) is 24.3 Å². The van der Waals surface area contributed by atoms with Gasteiger partial charge in [-0.2, -0.15) is 5.10 Å². The predicted molar refractivity (Wildman–Crippen MR) is 91.2 cm³/mol. The molecular formula is C17H21ClN4O2. The van der Waals surface area contributed by atoms with Crippen LogP contribution in [0, 0.1) is 6.92 Å². The molecule has 1 saturated heterocycles. The number of H-pyrrole nitrogens is 1. The van der Waals surface area contributed by atoms with Crippen LogP contribution in [0.3, 0.4) is 0 Å². The molecule has 1 amide bonds. The van der Waals surface area contributed by atoms with Crippen LogP contribution in [0.1, 0.15) is 37.3 Å². The van der Waals surface area contributed by atoms with Crippen LogP contribution in [0.25, 0.3) is 0 Å². The lowest BCUT2D eigenvalue weighted by atomic mass is 9.96. The number of aromatic nitrogens is 3. The molecule has 7 heteroatoms. The molecule has 1 aliphatic heterocycles. The van der Waals surface area contributed by atoms with Crippen molar-refractivity contribution in [2.24, 2.45) is 0 Å². The number of aryl methyl sites for hydroxylation is 1. The number of nitrogens with one attached hydrogen (secondary N) is 1. The number of rotatable bonds is 4. The third-order valence-electron chi connectivity index (χ3n) is 4.24. The zero-order valence-electron chi connectivity index (χ0n) is 13.8. The van der Waals surface area contributed by atoms with Gasteiger partial charge in [0.05, 0.1) is 0 Å². The van der Waals surface area contributed by atoms with E-state index < -0.39 is 6.10 Å². The molecule has 24 heavy (non-hydrogen) atoms. The molecular weight excluding hydrogens is 328 g/mol. The van der Waals surface area contributed by atoms with E-state index in [1.165, 1.54) is 0 Å². The maximum atomic E-state index is 12.6. The summed E-state index contributed by atoms with van der Waals surface area (Å²) >= 11 is 5.94. The van der Waals surface area contributed by atoms with Crippen molar-refractivity contribution in [1.82, 2.24) is 20.1 Å². The minimum absolute atomic E-state index is 0.000377. The number of hydrogen-bond acceptors (Lipinski definition) is 4. The molecule has 0 saturated carbocycles. The number of carbonyl (C=O) groups excluding carboxylic acids is 1. The topological polar surface area (TPSA) is 71.1 Å². The molecule has 3 rings (SSSR count). The van der Waals surface area contributed by atoms with Gasteiger partial charge in [0.25, 0.3) is 5.91 Å². The van der Waals surface area contributed by atoms with Crippen molar-refractivity contribution in [3.8, 4) is 5.75 Å². The van der Waals surface area contributed by atoms with E-state index in [4.69, 9.17) is 16.3 Å². The Labute approximate surface area is 146 Å². The Hall–Kier alpha value is -2.08. The van der Waals surface area contributed by atoms with Gasteiger partial charge in [-0.1, -0.05) is 17.7 Å². The third kappa shape index (κ3) is 3.87. The van der Waals surface area contributed by atoms with E-state index >= 15 is 0 Å². The van der Waals surface area contributed by atoms with Crippen LogP contribution in [-0.2, 0) is 4.79 Å². The number of carbonyl (C=O) groups is 1. The van der Waals surface area contributed by atoms with Gasteiger partial charge in [0.2, 0.25) is 0 Å². The summed E-state index contributed by atoms with van der Waals surface area (Å²) in [5.74, 6) is 2.59. The second-order valence-electron chi connectivity index (χ2n) is 6.10. The second-order valence-corrected chi connectivity index (χ2v) is 6.53. The molecule has 128 valence electrons. The van der Waals surface area contributed by atoms with E-state index in [9.17, 15) is 4.79 Å². The van der Waals surface area contributed by atoms with Crippen molar-refractivity contribution in [3.63, 3.8) is 0 Å². The zero-order chi connectivity index (χ0) is 17.1. The van der Waals surface area contributed by atoms with E-state index in [2.05, 4.69) is 15.2 Å². The van der Waals surface area contributed by atoms with Crippen molar-refractivity contribution in [2.45, 2.75) is 38.7 Å². The van der Waals surface area contributed by atoms with Gasteiger partial charge >= 0.3 is 0 Å². The van der Waals surface area contributed by atoms with E-state index in [0.29, 0.717) is 29.8 Å². The van der Waals surface area contributed by atoms with Crippen LogP contribution in [0.4, 0.5) is 0 Å². The average Bonchev–Trinajstić information content (AvgIpc) is 3.01. The standard InChI is InChI=1S/C17H21ClN4O2/c1-11(24-15-5-3-4-14(18)10-15)17(23)22-8-6-13(7-9-22)16-19-12(2)20-21-16/h3-5,10-11,13H,6-9H2,1-2H3,(H,19,20,21). The van der Waals surface area contributed by atoms with Crippen LogP contribution in [-0.4, -0.2) is 45.2 Å². The molecule has 2 aromatic rings. The van der Waals surface area contributed by atoms with Crippen molar-refractivity contribution in [2.75, 3.05) is 13.1 Å². The molecule has 1 unspecified atom stereocenters. The van der Waals surface area contributed by atoms with Gasteiger partial charge < -0.3 is 9.64 Å². The molecule has 6 nitrogen and oxygen atoms in total. The van der Waals surface area contributed by atoms with Crippen molar-refractivity contribution >= 4 is 17.5 Å². The Morgan fingerprint density at radius 2 is 2.17 bits per heavy atom. The summed E-state index contributed by atoms with van der Waals surface area (Å²) in [6, 6.07) is 7.09. The highest BCUT2D eigenvalue weighted by Gasteiger charge is 2.29. The molecule has 1 fully saturated rings. The maximum Gasteiger partial charge on any atom is 0.263 e. The first kappa shape index (κ1) is 16.8. The fraction of sp³-hybridized carbons (Fsp3) is 0.471. The first-order chi connectivity index (χ1) is 11.5. The number of benzene rings is 1. The average molecular weight is 349 g/mol. The Kier molecular flexibility index (Phi) is 5.04. The Balaban J connectivity index is 1.54. The number of halogens is 1. The molecule has 0 radical (unpaired) electrons. The van der Waals surface area contributed by atoms with Gasteiger partial charge in [0.1, 0.15) is 11.6 Å². The molecule has 1 aliphatic rings. The van der Waals surface area contributed by atoms with Crippen molar-refractivity contribution in [3.05, 3.63) is 40.9 Å². The largest absolute Gasteiger partial charge is 0.481 e. The fourth-order valence-corrected chi connectivity index (χ4v) is 3.13. The summed E-state index contributed by atoms with van der Waals surface area (Å²) in [6.07, 6.45) is 1.20. The lowest BCUT2D eigenvalue weighted by molar-refractivity contribution is -0.139. The molecule has 0 bridgehead atoms. The molecule has 1 aromatic carbocycles. The fourth-order valence-electron chi connectivity index (χ4n) is 2.95. The summed E-state index contributed by atoms with van der Waals surface area (Å²) in [5, 5.41) is 7.70. The van der Waals surface area contributed by atoms with Gasteiger partial charge in [-0.3, -0.25) is 9.89 Å². The maximum absolute atomic E-state index is 12.6. The van der Waals surface area contributed by atoms with Crippen LogP contribution in [0.5, 0.6) is 5.75 Å². The minimum Gasteiger partial charge on any atom is -0.481 e. The monoisotopic (exact) mass is 348 g/mol. The summed E-state index contributed by atoms with van der Waals surface area (Å²) in [7, 11) is 0. The first-order valence-electron chi connectivity index (χ1n) is 8.13. The van der Waals surface area contributed by atoms with Crippen LogP contribution < -0.4 is 4.74 Å². The van der Waals surface area contributed by atoms with Crippen LogP contribution >= 0.6 is 11.6 Å². The first-order valence-corrected chi connectivity index (χ1v) is 8.50. The summed E-state index contributed by atoms with van der Waals surface area (Å²) in [4.78, 5) is 18.8. The smallest absolute Gasteiger partial charge is 0.263 e. The number of aromatic amines is 1. The lowest BCUT2D eigenvalue weighted by Gasteiger charge is -2.32. The van der Waals surface area contributed by atoms with E-state index in [-0.39, 0.29) is 5.91 Å². The third-order valence-corrected chi connectivity index (χ3v) is 4.48. The minimum atomic E-state index is -0.536. The number of likely N-dealkylation sites (tertiary alicyclic amines) is 1. The van der Waals surface area contributed by atoms with Crippen molar-refractivity contribution < 1.29 is 9.53 Å². The number of piperidine rings is 1. The highest BCUT2D eigenvalue weighted by Crippen LogP contribution is 2.26. The van der Waals surface area contributed by atoms with Gasteiger partial charge in [0.15, 0.2) is 11.9 Å². The van der Waals surface area contributed by atoms with Gasteiger partial charge in [-0.15, -0.1) is 0 Å². The number of amides is 1. The van der Waals surface area contributed by atoms with E-state index in [1.54, 1.807) is 31.2 Å². The van der Waals surface area contributed by atoms with Gasteiger partial charge in [-0.05, 0) is 44.9 Å². The van der Waals surface area contributed by atoms with Gasteiger partial charge in [-0.25, -0.2) is 4.98 Å². The predicted octanol–water partition coefficient (Wildman–Crippen LogP) is 2.94. The van der Waals surface area contributed by atoms with E-state index in [0.717, 1.165) is 24.5 Å². The van der Waals surface area contributed by atoms with Gasteiger partial charge in [0, 0.05) is 24.0 Å². The summed E-state index contributed by atoms with van der Waals surface area (Å²) < 4.78 is 5.72.